The summed E-state index contributed by atoms with van der Waals surface area (Å²) in [7, 11) is 1.55. The van der Waals surface area contributed by atoms with Crippen molar-refractivity contribution in [1.29, 1.82) is 0 Å². The molecular formula is C19H26N6O4. The van der Waals surface area contributed by atoms with Crippen LogP contribution in [0.15, 0.2) is 24.3 Å². The molecule has 2 aromatic rings. The lowest BCUT2D eigenvalue weighted by atomic mass is 9.95. The third kappa shape index (κ3) is 6.30. The predicted octanol–water partition coefficient (Wildman–Crippen LogP) is 1.80. The Balaban J connectivity index is 2.03. The van der Waals surface area contributed by atoms with Gasteiger partial charge in [-0.25, -0.2) is 4.79 Å². The molecule has 4 N–H and O–H groups in total. The molecule has 0 spiro atoms. The summed E-state index contributed by atoms with van der Waals surface area (Å²) in [4.78, 5) is 36.3. The number of hydrogen-bond acceptors (Lipinski definition) is 9. The van der Waals surface area contributed by atoms with Gasteiger partial charge in [0.25, 0.3) is 0 Å². The lowest BCUT2D eigenvalue weighted by molar-refractivity contribution is -0.149. The lowest BCUT2D eigenvalue weighted by Gasteiger charge is -2.20. The second kappa shape index (κ2) is 9.18. The largest absolute Gasteiger partial charge is 0.495 e. The highest BCUT2D eigenvalue weighted by Crippen LogP contribution is 2.25. The van der Waals surface area contributed by atoms with Gasteiger partial charge in [0, 0.05) is 5.41 Å². The molecule has 1 unspecified atom stereocenters. The summed E-state index contributed by atoms with van der Waals surface area (Å²) in [5.41, 5.74) is 5.76. The van der Waals surface area contributed by atoms with Crippen LogP contribution < -0.4 is 21.1 Å². The zero-order valence-corrected chi connectivity index (χ0v) is 17.1. The van der Waals surface area contributed by atoms with Crippen molar-refractivity contribution in [1.82, 2.24) is 20.3 Å². The molecular weight excluding hydrogens is 376 g/mol. The lowest BCUT2D eigenvalue weighted by Crippen LogP contribution is -2.44. The molecule has 10 heteroatoms. The summed E-state index contributed by atoms with van der Waals surface area (Å²) in [6, 6.07) is 6.41. The number of rotatable bonds is 7. The SMILES string of the molecule is COc1ccccc1Nc1nc(N)nc(COC(=O)C(C)NC(=O)C(C)(C)C)n1. The Bertz CT molecular complexity index is 881. The van der Waals surface area contributed by atoms with Crippen LogP contribution in [0, 0.1) is 5.41 Å². The third-order valence-corrected chi connectivity index (χ3v) is 3.78. The molecule has 1 aromatic heterocycles. The number of nitrogens with one attached hydrogen (secondary N) is 2. The zero-order chi connectivity index (χ0) is 21.6. The molecule has 29 heavy (non-hydrogen) atoms. The summed E-state index contributed by atoms with van der Waals surface area (Å²) in [6.07, 6.45) is 0. The van der Waals surface area contributed by atoms with Gasteiger partial charge in [0.2, 0.25) is 17.8 Å². The quantitative estimate of drug-likeness (QED) is 0.591. The fourth-order valence-corrected chi connectivity index (χ4v) is 2.16. The van der Waals surface area contributed by atoms with E-state index >= 15 is 0 Å². The minimum atomic E-state index is -0.813. The number of benzene rings is 1. The Morgan fingerprint density at radius 3 is 2.52 bits per heavy atom. The average Bonchev–Trinajstić information content (AvgIpc) is 2.65. The third-order valence-electron chi connectivity index (χ3n) is 3.78. The molecule has 0 saturated heterocycles. The molecule has 0 bridgehead atoms. The molecule has 10 nitrogen and oxygen atoms in total. The minimum absolute atomic E-state index is 0.0301. The van der Waals surface area contributed by atoms with Gasteiger partial charge in [-0.1, -0.05) is 32.9 Å². The van der Waals surface area contributed by atoms with E-state index in [-0.39, 0.29) is 30.2 Å². The van der Waals surface area contributed by atoms with E-state index in [0.717, 1.165) is 0 Å². The Morgan fingerprint density at radius 2 is 1.86 bits per heavy atom. The molecule has 2 rings (SSSR count). The molecule has 1 heterocycles. The monoisotopic (exact) mass is 402 g/mol. The normalized spacial score (nSPS) is 12.0. The van der Waals surface area contributed by atoms with Crippen molar-refractivity contribution in [2.75, 3.05) is 18.2 Å². The van der Waals surface area contributed by atoms with Gasteiger partial charge in [0.1, 0.15) is 11.8 Å². The van der Waals surface area contributed by atoms with E-state index in [1.807, 2.05) is 12.1 Å². The number of para-hydroxylation sites is 2. The van der Waals surface area contributed by atoms with Crippen LogP contribution in [0.2, 0.25) is 0 Å². The molecule has 0 fully saturated rings. The number of aromatic nitrogens is 3. The Hall–Kier alpha value is -3.43. The molecule has 0 radical (unpaired) electrons. The number of nitrogens with zero attached hydrogens (tertiary/aromatic N) is 3. The van der Waals surface area contributed by atoms with Crippen LogP contribution in [0.3, 0.4) is 0 Å². The number of nitrogen functional groups attached to an aromatic ring is 1. The molecule has 0 aliphatic rings. The molecule has 1 aromatic carbocycles. The van der Waals surface area contributed by atoms with Crippen molar-refractivity contribution in [3.8, 4) is 5.75 Å². The first-order chi connectivity index (χ1) is 13.6. The Labute approximate surface area is 169 Å². The van der Waals surface area contributed by atoms with Crippen molar-refractivity contribution in [3.05, 3.63) is 30.1 Å². The number of methoxy groups -OCH3 is 1. The number of carbonyl (C=O) groups excluding carboxylic acids is 2. The van der Waals surface area contributed by atoms with E-state index in [9.17, 15) is 9.59 Å². The smallest absolute Gasteiger partial charge is 0.328 e. The van der Waals surface area contributed by atoms with Crippen LogP contribution in [-0.4, -0.2) is 40.0 Å². The molecule has 1 atom stereocenters. The van der Waals surface area contributed by atoms with E-state index in [2.05, 4.69) is 25.6 Å². The highest BCUT2D eigenvalue weighted by atomic mass is 16.5. The summed E-state index contributed by atoms with van der Waals surface area (Å²) in [5.74, 6) is 0.0515. The number of hydrogen-bond donors (Lipinski definition) is 3. The topological polar surface area (TPSA) is 141 Å². The van der Waals surface area contributed by atoms with Crippen molar-refractivity contribution >= 4 is 29.5 Å². The van der Waals surface area contributed by atoms with Crippen LogP contribution in [0.25, 0.3) is 0 Å². The van der Waals surface area contributed by atoms with Gasteiger partial charge in [-0.15, -0.1) is 0 Å². The van der Waals surface area contributed by atoms with Crippen LogP contribution in [-0.2, 0) is 20.9 Å². The fourth-order valence-electron chi connectivity index (χ4n) is 2.16. The van der Waals surface area contributed by atoms with Crippen molar-refractivity contribution in [3.63, 3.8) is 0 Å². The Morgan fingerprint density at radius 1 is 1.17 bits per heavy atom. The highest BCUT2D eigenvalue weighted by Gasteiger charge is 2.26. The maximum atomic E-state index is 12.2. The first-order valence-electron chi connectivity index (χ1n) is 8.98. The predicted molar refractivity (Wildman–Crippen MR) is 107 cm³/mol. The fraction of sp³-hybridized carbons (Fsp3) is 0.421. The number of esters is 1. The van der Waals surface area contributed by atoms with Gasteiger partial charge in [-0.3, -0.25) is 4.79 Å². The van der Waals surface area contributed by atoms with Gasteiger partial charge < -0.3 is 25.8 Å². The number of anilines is 3. The summed E-state index contributed by atoms with van der Waals surface area (Å²) in [5, 5.41) is 5.60. The molecule has 1 amide bonds. The number of carbonyl (C=O) groups is 2. The van der Waals surface area contributed by atoms with Crippen LogP contribution in [0.4, 0.5) is 17.6 Å². The van der Waals surface area contributed by atoms with Gasteiger partial charge in [-0.2, -0.15) is 15.0 Å². The van der Waals surface area contributed by atoms with E-state index < -0.39 is 17.4 Å². The van der Waals surface area contributed by atoms with Gasteiger partial charge >= 0.3 is 5.97 Å². The van der Waals surface area contributed by atoms with E-state index in [1.54, 1.807) is 46.9 Å². The number of nitrogens with two attached hydrogens (primary N) is 1. The minimum Gasteiger partial charge on any atom is -0.495 e. The standard InChI is InChI=1S/C19H26N6O4/c1-11(21-16(27)19(2,3)4)15(26)29-10-14-23-17(20)25-18(24-14)22-12-8-6-7-9-13(12)28-5/h6-9,11H,10H2,1-5H3,(H,21,27)(H3,20,22,23,24,25). The Kier molecular flexibility index (Phi) is 6.92. The molecule has 0 aliphatic heterocycles. The highest BCUT2D eigenvalue weighted by molar-refractivity contribution is 5.87. The van der Waals surface area contributed by atoms with Gasteiger partial charge in [0.15, 0.2) is 12.4 Å². The molecule has 0 aliphatic carbocycles. The first kappa shape index (κ1) is 21.9. The van der Waals surface area contributed by atoms with Crippen LogP contribution in [0.1, 0.15) is 33.5 Å². The van der Waals surface area contributed by atoms with Crippen molar-refractivity contribution in [2.45, 2.75) is 40.3 Å². The summed E-state index contributed by atoms with van der Waals surface area (Å²) in [6.45, 7) is 6.59. The molecule has 0 saturated carbocycles. The van der Waals surface area contributed by atoms with Crippen molar-refractivity contribution in [2.24, 2.45) is 5.41 Å². The average molecular weight is 402 g/mol. The maximum Gasteiger partial charge on any atom is 0.328 e. The molecule has 156 valence electrons. The number of amides is 1. The van der Waals surface area contributed by atoms with E-state index in [1.165, 1.54) is 0 Å². The first-order valence-corrected chi connectivity index (χ1v) is 8.98. The van der Waals surface area contributed by atoms with E-state index in [0.29, 0.717) is 11.4 Å². The second-order valence-electron chi connectivity index (χ2n) is 7.31. The van der Waals surface area contributed by atoms with E-state index in [4.69, 9.17) is 15.2 Å². The van der Waals surface area contributed by atoms with Crippen molar-refractivity contribution < 1.29 is 19.1 Å². The van der Waals surface area contributed by atoms with Gasteiger partial charge in [-0.05, 0) is 19.1 Å². The number of ether oxygens (including phenoxy) is 2. The summed E-state index contributed by atoms with van der Waals surface area (Å²) < 4.78 is 10.5. The zero-order valence-electron chi connectivity index (χ0n) is 17.1. The maximum absolute atomic E-state index is 12.2. The summed E-state index contributed by atoms with van der Waals surface area (Å²) >= 11 is 0. The second-order valence-corrected chi connectivity index (χ2v) is 7.31. The van der Waals surface area contributed by atoms with Crippen LogP contribution in [0.5, 0.6) is 5.75 Å². The van der Waals surface area contributed by atoms with Gasteiger partial charge in [0.05, 0.1) is 12.8 Å². The van der Waals surface area contributed by atoms with Crippen LogP contribution >= 0.6 is 0 Å².